The quantitative estimate of drug-likeness (QED) is 0.528. The zero-order chi connectivity index (χ0) is 20.4. The lowest BCUT2D eigenvalue weighted by atomic mass is 10.2. The molecule has 0 saturated heterocycles. The summed E-state index contributed by atoms with van der Waals surface area (Å²) >= 11 is 0. The Morgan fingerprint density at radius 1 is 0.964 bits per heavy atom. The van der Waals surface area contributed by atoms with Crippen LogP contribution in [0.2, 0.25) is 0 Å². The molecule has 2 aromatic rings. The molecule has 2 aromatic carbocycles. The van der Waals surface area contributed by atoms with E-state index in [4.69, 9.17) is 18.9 Å². The van der Waals surface area contributed by atoms with Crippen LogP contribution < -0.4 is 19.5 Å². The van der Waals surface area contributed by atoms with Crippen LogP contribution in [-0.4, -0.2) is 39.8 Å². The van der Waals surface area contributed by atoms with E-state index in [0.717, 1.165) is 5.56 Å². The number of methoxy groups -OCH3 is 3. The molecule has 0 atom stereocenters. The van der Waals surface area contributed by atoms with E-state index < -0.39 is 11.9 Å². The van der Waals surface area contributed by atoms with E-state index in [-0.39, 0.29) is 6.61 Å². The number of ether oxygens (including phenoxy) is 4. The number of nitrogens with one attached hydrogen (secondary N) is 1. The minimum absolute atomic E-state index is 0.312. The molecule has 0 fully saturated rings. The average molecular weight is 385 g/mol. The van der Waals surface area contributed by atoms with Gasteiger partial charge in [0.1, 0.15) is 17.2 Å². The van der Waals surface area contributed by atoms with Crippen LogP contribution in [0.3, 0.4) is 0 Å². The van der Waals surface area contributed by atoms with Crippen molar-refractivity contribution in [1.82, 2.24) is 5.32 Å². The Morgan fingerprint density at radius 2 is 1.71 bits per heavy atom. The smallest absolute Gasteiger partial charge is 0.331 e. The fourth-order valence-electron chi connectivity index (χ4n) is 2.33. The third-order valence-corrected chi connectivity index (χ3v) is 3.81. The fourth-order valence-corrected chi connectivity index (χ4v) is 2.33. The highest BCUT2D eigenvalue weighted by Gasteiger charge is 2.07. The van der Waals surface area contributed by atoms with Crippen molar-refractivity contribution < 1.29 is 28.5 Å². The summed E-state index contributed by atoms with van der Waals surface area (Å²) in [5, 5.41) is 2.68. The van der Waals surface area contributed by atoms with E-state index in [0.29, 0.717) is 29.4 Å². The predicted octanol–water partition coefficient (Wildman–Crippen LogP) is 2.59. The Hall–Kier alpha value is -3.48. The molecule has 0 radical (unpaired) electrons. The normalized spacial score (nSPS) is 10.4. The Balaban J connectivity index is 1.81. The first kappa shape index (κ1) is 20.8. The van der Waals surface area contributed by atoms with Crippen molar-refractivity contribution in [2.24, 2.45) is 0 Å². The second-order valence-corrected chi connectivity index (χ2v) is 5.68. The lowest BCUT2D eigenvalue weighted by Gasteiger charge is -2.08. The highest BCUT2D eigenvalue weighted by molar-refractivity contribution is 5.89. The van der Waals surface area contributed by atoms with Gasteiger partial charge in [-0.25, -0.2) is 4.79 Å². The van der Waals surface area contributed by atoms with E-state index >= 15 is 0 Å². The number of rotatable bonds is 9. The van der Waals surface area contributed by atoms with Gasteiger partial charge in [-0.05, 0) is 35.9 Å². The SMILES string of the molecule is COc1cccc(CNC(=O)COC(=O)/C=C/c2ccc(OC)cc2OC)c1. The number of hydrogen-bond donors (Lipinski definition) is 1. The van der Waals surface area contributed by atoms with Gasteiger partial charge in [0, 0.05) is 24.3 Å². The molecular weight excluding hydrogens is 362 g/mol. The molecule has 7 heteroatoms. The minimum Gasteiger partial charge on any atom is -0.497 e. The maximum atomic E-state index is 11.8. The number of hydrogen-bond acceptors (Lipinski definition) is 6. The van der Waals surface area contributed by atoms with Crippen LogP contribution in [-0.2, 0) is 20.9 Å². The molecule has 1 amide bonds. The number of benzene rings is 2. The van der Waals surface area contributed by atoms with Gasteiger partial charge in [-0.15, -0.1) is 0 Å². The monoisotopic (exact) mass is 385 g/mol. The summed E-state index contributed by atoms with van der Waals surface area (Å²) in [6.07, 6.45) is 2.79. The van der Waals surface area contributed by atoms with Gasteiger partial charge < -0.3 is 24.3 Å². The number of carbonyl (C=O) groups excluding carboxylic acids is 2. The molecule has 2 rings (SSSR count). The van der Waals surface area contributed by atoms with Crippen molar-refractivity contribution in [2.75, 3.05) is 27.9 Å². The maximum absolute atomic E-state index is 11.8. The van der Waals surface area contributed by atoms with E-state index in [1.165, 1.54) is 13.2 Å². The van der Waals surface area contributed by atoms with Crippen molar-refractivity contribution in [3.05, 3.63) is 59.7 Å². The van der Waals surface area contributed by atoms with Gasteiger partial charge in [0.25, 0.3) is 5.91 Å². The third-order valence-electron chi connectivity index (χ3n) is 3.81. The predicted molar refractivity (Wildman–Crippen MR) is 104 cm³/mol. The molecule has 0 heterocycles. The van der Waals surface area contributed by atoms with Crippen molar-refractivity contribution in [2.45, 2.75) is 6.54 Å². The van der Waals surface area contributed by atoms with Crippen molar-refractivity contribution in [3.8, 4) is 17.2 Å². The summed E-state index contributed by atoms with van der Waals surface area (Å²) in [4.78, 5) is 23.7. The molecular formula is C21H23NO6. The van der Waals surface area contributed by atoms with Crippen LogP contribution in [0.4, 0.5) is 0 Å². The van der Waals surface area contributed by atoms with Crippen LogP contribution in [0.15, 0.2) is 48.5 Å². The standard InChI is InChI=1S/C21H23NO6/c1-25-17-6-4-5-15(11-17)13-22-20(23)14-28-21(24)10-8-16-7-9-18(26-2)12-19(16)27-3/h4-12H,13-14H2,1-3H3,(H,22,23)/b10-8+. The van der Waals surface area contributed by atoms with Gasteiger partial charge in [-0.3, -0.25) is 4.79 Å². The van der Waals surface area contributed by atoms with Crippen LogP contribution in [0.1, 0.15) is 11.1 Å². The van der Waals surface area contributed by atoms with Crippen LogP contribution in [0, 0.1) is 0 Å². The lowest BCUT2D eigenvalue weighted by Crippen LogP contribution is -2.28. The zero-order valence-corrected chi connectivity index (χ0v) is 16.1. The largest absolute Gasteiger partial charge is 0.497 e. The molecule has 0 unspecified atom stereocenters. The van der Waals surface area contributed by atoms with Gasteiger partial charge in [0.15, 0.2) is 6.61 Å². The van der Waals surface area contributed by atoms with Gasteiger partial charge in [-0.2, -0.15) is 0 Å². The second kappa shape index (κ2) is 10.6. The summed E-state index contributed by atoms with van der Waals surface area (Å²) < 4.78 is 20.5. The Kier molecular flexibility index (Phi) is 7.90. The number of carbonyl (C=O) groups is 2. The molecule has 0 spiro atoms. The fraction of sp³-hybridized carbons (Fsp3) is 0.238. The molecule has 0 aliphatic rings. The average Bonchev–Trinajstić information content (AvgIpc) is 2.74. The molecule has 0 aliphatic heterocycles. The summed E-state index contributed by atoms with van der Waals surface area (Å²) in [6.45, 7) is -0.0562. The molecule has 0 aliphatic carbocycles. The van der Waals surface area contributed by atoms with Gasteiger partial charge in [-0.1, -0.05) is 12.1 Å². The van der Waals surface area contributed by atoms with E-state index in [1.54, 1.807) is 38.5 Å². The van der Waals surface area contributed by atoms with Crippen LogP contribution >= 0.6 is 0 Å². The lowest BCUT2D eigenvalue weighted by molar-refractivity contribution is -0.143. The first-order valence-corrected chi connectivity index (χ1v) is 8.52. The first-order valence-electron chi connectivity index (χ1n) is 8.52. The van der Waals surface area contributed by atoms with Gasteiger partial charge >= 0.3 is 5.97 Å². The third kappa shape index (κ3) is 6.35. The van der Waals surface area contributed by atoms with Gasteiger partial charge in [0.2, 0.25) is 0 Å². The van der Waals surface area contributed by atoms with Crippen LogP contribution in [0.25, 0.3) is 6.08 Å². The summed E-state index contributed by atoms with van der Waals surface area (Å²) in [5.41, 5.74) is 1.56. The maximum Gasteiger partial charge on any atom is 0.331 e. The summed E-state index contributed by atoms with van der Waals surface area (Å²) in [7, 11) is 4.66. The van der Waals surface area contributed by atoms with Gasteiger partial charge in [0.05, 0.1) is 21.3 Å². The molecule has 0 bridgehead atoms. The molecule has 0 aromatic heterocycles. The molecule has 1 N–H and O–H groups in total. The van der Waals surface area contributed by atoms with E-state index in [2.05, 4.69) is 5.32 Å². The molecule has 148 valence electrons. The number of esters is 1. The van der Waals surface area contributed by atoms with Crippen molar-refractivity contribution >= 4 is 18.0 Å². The van der Waals surface area contributed by atoms with Crippen molar-refractivity contribution in [1.29, 1.82) is 0 Å². The summed E-state index contributed by atoms with van der Waals surface area (Å²) in [5.74, 6) is 0.877. The van der Waals surface area contributed by atoms with Crippen molar-refractivity contribution in [3.63, 3.8) is 0 Å². The summed E-state index contributed by atoms with van der Waals surface area (Å²) in [6, 6.07) is 12.5. The molecule has 28 heavy (non-hydrogen) atoms. The van der Waals surface area contributed by atoms with E-state index in [1.807, 2.05) is 24.3 Å². The Bertz CT molecular complexity index is 847. The highest BCUT2D eigenvalue weighted by atomic mass is 16.5. The van der Waals surface area contributed by atoms with E-state index in [9.17, 15) is 9.59 Å². The Morgan fingerprint density at radius 3 is 2.43 bits per heavy atom. The van der Waals surface area contributed by atoms with Crippen LogP contribution in [0.5, 0.6) is 17.2 Å². The molecule has 7 nitrogen and oxygen atoms in total. The zero-order valence-electron chi connectivity index (χ0n) is 16.1. The molecule has 0 saturated carbocycles. The topological polar surface area (TPSA) is 83.1 Å². The number of amides is 1. The first-order chi connectivity index (χ1) is 13.5. The Labute approximate surface area is 163 Å². The highest BCUT2D eigenvalue weighted by Crippen LogP contribution is 2.25. The second-order valence-electron chi connectivity index (χ2n) is 5.68. The minimum atomic E-state index is -0.630.